The quantitative estimate of drug-likeness (QED) is 0.836. The van der Waals surface area contributed by atoms with Crippen LogP contribution in [-0.4, -0.2) is 39.3 Å². The maximum Gasteiger partial charge on any atom is 0.254 e. The molecule has 0 spiro atoms. The summed E-state index contributed by atoms with van der Waals surface area (Å²) in [6.07, 6.45) is 11.4. The highest BCUT2D eigenvalue weighted by Crippen LogP contribution is 2.50. The van der Waals surface area contributed by atoms with Crippen LogP contribution >= 0.6 is 0 Å². The zero-order chi connectivity index (χ0) is 16.8. The first-order valence-electron chi connectivity index (χ1n) is 9.77. The van der Waals surface area contributed by atoms with E-state index in [2.05, 4.69) is 26.0 Å². The van der Waals surface area contributed by atoms with Gasteiger partial charge in [-0.25, -0.2) is 4.98 Å². The van der Waals surface area contributed by atoms with Gasteiger partial charge in [-0.15, -0.1) is 0 Å². The van der Waals surface area contributed by atoms with E-state index in [9.17, 15) is 0 Å². The van der Waals surface area contributed by atoms with Crippen molar-refractivity contribution in [1.82, 2.24) is 19.6 Å². The minimum Gasteiger partial charge on any atom is -0.378 e. The second-order valence-corrected chi connectivity index (χ2v) is 8.17. The van der Waals surface area contributed by atoms with Crippen molar-refractivity contribution in [3.63, 3.8) is 0 Å². The van der Waals surface area contributed by atoms with Crippen molar-refractivity contribution in [2.75, 3.05) is 18.6 Å². The van der Waals surface area contributed by atoms with E-state index >= 15 is 0 Å². The molecule has 2 aromatic heterocycles. The number of fused-ring (bicyclic) bond motifs is 3. The summed E-state index contributed by atoms with van der Waals surface area (Å²) in [5.74, 6) is 4.78. The molecule has 2 saturated carbocycles. The highest BCUT2D eigenvalue weighted by molar-refractivity contribution is 5.49. The van der Waals surface area contributed by atoms with Crippen LogP contribution in [0.1, 0.15) is 50.6 Å². The lowest BCUT2D eigenvalue weighted by Crippen LogP contribution is -2.34. The first-order valence-corrected chi connectivity index (χ1v) is 9.77. The van der Waals surface area contributed by atoms with Gasteiger partial charge in [-0.05, 0) is 56.3 Å². The summed E-state index contributed by atoms with van der Waals surface area (Å²) >= 11 is 0. The van der Waals surface area contributed by atoms with Gasteiger partial charge < -0.3 is 9.64 Å². The van der Waals surface area contributed by atoms with Crippen molar-refractivity contribution < 1.29 is 4.74 Å². The van der Waals surface area contributed by atoms with Crippen molar-refractivity contribution in [2.24, 2.45) is 17.8 Å². The van der Waals surface area contributed by atoms with Gasteiger partial charge in [0.1, 0.15) is 12.1 Å². The number of hydrogen-bond donors (Lipinski definition) is 0. The molecule has 3 heterocycles. The molecule has 134 valence electrons. The van der Waals surface area contributed by atoms with Gasteiger partial charge in [0.25, 0.3) is 5.78 Å². The van der Waals surface area contributed by atoms with Gasteiger partial charge in [-0.3, -0.25) is 0 Å². The number of anilines is 1. The number of aromatic nitrogens is 4. The molecule has 0 radical (unpaired) electrons. The Morgan fingerprint density at radius 3 is 3.00 bits per heavy atom. The minimum atomic E-state index is 0.515. The Morgan fingerprint density at radius 2 is 2.20 bits per heavy atom. The number of ether oxygens (including phenoxy) is 1. The zero-order valence-corrected chi connectivity index (χ0v) is 15.0. The number of rotatable bonds is 5. The standard InChI is InChI=1S/C19H27N5O/c1-25-11-16-10-18(24-19(22-16)20-12-21-24)23-6-2-3-17(23)9-15-8-13-4-5-14(15)7-13/h10,12-15,17H,2-9,11H2,1H3. The zero-order valence-electron chi connectivity index (χ0n) is 15.0. The SMILES string of the molecule is COCc1cc(N2CCCC2CC2CC3CCC2C3)n2ncnc2n1. The Kier molecular flexibility index (Phi) is 3.88. The normalized spacial score (nSPS) is 31.5. The van der Waals surface area contributed by atoms with Crippen LogP contribution in [0.4, 0.5) is 5.82 Å². The van der Waals surface area contributed by atoms with Crippen LogP contribution in [0, 0.1) is 17.8 Å². The second-order valence-electron chi connectivity index (χ2n) is 8.17. The largest absolute Gasteiger partial charge is 0.378 e. The van der Waals surface area contributed by atoms with Crippen molar-refractivity contribution in [3.8, 4) is 0 Å². The highest BCUT2D eigenvalue weighted by atomic mass is 16.5. The van der Waals surface area contributed by atoms with Gasteiger partial charge in [-0.1, -0.05) is 6.42 Å². The van der Waals surface area contributed by atoms with E-state index in [1.807, 2.05) is 4.52 Å². The van der Waals surface area contributed by atoms with Crippen molar-refractivity contribution in [2.45, 2.75) is 57.6 Å². The summed E-state index contributed by atoms with van der Waals surface area (Å²) < 4.78 is 7.20. The lowest BCUT2D eigenvalue weighted by Gasteiger charge is -2.31. The monoisotopic (exact) mass is 341 g/mol. The van der Waals surface area contributed by atoms with Crippen LogP contribution < -0.4 is 4.90 Å². The van der Waals surface area contributed by atoms with Crippen LogP contribution in [0.2, 0.25) is 0 Å². The Hall–Kier alpha value is -1.69. The maximum absolute atomic E-state index is 5.30. The molecular weight excluding hydrogens is 314 g/mol. The molecule has 0 N–H and O–H groups in total. The number of methoxy groups -OCH3 is 1. The summed E-state index contributed by atoms with van der Waals surface area (Å²) in [4.78, 5) is 11.4. The third kappa shape index (κ3) is 2.71. The van der Waals surface area contributed by atoms with Crippen LogP contribution in [-0.2, 0) is 11.3 Å². The van der Waals surface area contributed by atoms with Crippen LogP contribution in [0.3, 0.4) is 0 Å². The van der Waals surface area contributed by atoms with E-state index in [0.717, 1.165) is 35.8 Å². The molecule has 2 bridgehead atoms. The third-order valence-corrected chi connectivity index (χ3v) is 6.71. The predicted octanol–water partition coefficient (Wildman–Crippen LogP) is 3.07. The average molecular weight is 341 g/mol. The summed E-state index contributed by atoms with van der Waals surface area (Å²) in [5, 5.41) is 4.43. The fourth-order valence-electron chi connectivity index (χ4n) is 5.67. The molecule has 0 amide bonds. The van der Waals surface area contributed by atoms with E-state index in [0.29, 0.717) is 18.4 Å². The molecule has 2 aliphatic carbocycles. The molecule has 6 nitrogen and oxygen atoms in total. The molecule has 25 heavy (non-hydrogen) atoms. The van der Waals surface area contributed by atoms with Gasteiger partial charge >= 0.3 is 0 Å². The molecule has 3 aliphatic rings. The minimum absolute atomic E-state index is 0.515. The third-order valence-electron chi connectivity index (χ3n) is 6.71. The first kappa shape index (κ1) is 15.6. The van der Waals surface area contributed by atoms with E-state index in [-0.39, 0.29) is 0 Å². The predicted molar refractivity (Wildman–Crippen MR) is 95.4 cm³/mol. The Morgan fingerprint density at radius 1 is 1.24 bits per heavy atom. The molecule has 4 atom stereocenters. The molecule has 2 aromatic rings. The Balaban J connectivity index is 1.43. The molecule has 1 aliphatic heterocycles. The van der Waals surface area contributed by atoms with E-state index < -0.39 is 0 Å². The van der Waals surface area contributed by atoms with Gasteiger partial charge in [0, 0.05) is 25.8 Å². The van der Waals surface area contributed by atoms with Gasteiger partial charge in [-0.2, -0.15) is 14.6 Å². The van der Waals surface area contributed by atoms with Gasteiger partial charge in [0.15, 0.2) is 0 Å². The van der Waals surface area contributed by atoms with E-state index in [1.54, 1.807) is 13.4 Å². The molecular formula is C19H27N5O. The molecule has 0 aromatic carbocycles. The van der Waals surface area contributed by atoms with Crippen LogP contribution in [0.15, 0.2) is 12.4 Å². The Labute approximate surface area is 148 Å². The molecule has 6 heteroatoms. The molecule has 4 unspecified atom stereocenters. The fraction of sp³-hybridized carbons (Fsp3) is 0.737. The number of nitrogens with zero attached hydrogens (tertiary/aromatic N) is 5. The van der Waals surface area contributed by atoms with Crippen LogP contribution in [0.5, 0.6) is 0 Å². The topological polar surface area (TPSA) is 55.6 Å². The van der Waals surface area contributed by atoms with Crippen molar-refractivity contribution >= 4 is 11.6 Å². The second kappa shape index (κ2) is 6.24. The van der Waals surface area contributed by atoms with E-state index in [4.69, 9.17) is 4.74 Å². The summed E-state index contributed by atoms with van der Waals surface area (Å²) in [6.45, 7) is 1.62. The van der Waals surface area contributed by atoms with Crippen molar-refractivity contribution in [1.29, 1.82) is 0 Å². The smallest absolute Gasteiger partial charge is 0.254 e. The Bertz CT molecular complexity index is 759. The summed E-state index contributed by atoms with van der Waals surface area (Å²) in [6, 6.07) is 2.78. The summed E-state index contributed by atoms with van der Waals surface area (Å²) in [7, 11) is 1.71. The van der Waals surface area contributed by atoms with Gasteiger partial charge in [0.2, 0.25) is 0 Å². The van der Waals surface area contributed by atoms with Crippen molar-refractivity contribution in [3.05, 3.63) is 18.1 Å². The molecule has 3 fully saturated rings. The maximum atomic E-state index is 5.30. The average Bonchev–Trinajstić information content (AvgIpc) is 3.39. The lowest BCUT2D eigenvalue weighted by atomic mass is 9.84. The molecule has 5 rings (SSSR count). The summed E-state index contributed by atoms with van der Waals surface area (Å²) in [5.41, 5.74) is 0.934. The van der Waals surface area contributed by atoms with Crippen LogP contribution in [0.25, 0.3) is 5.78 Å². The number of hydrogen-bond acceptors (Lipinski definition) is 5. The fourth-order valence-corrected chi connectivity index (χ4v) is 5.67. The first-order chi connectivity index (χ1) is 12.3. The van der Waals surface area contributed by atoms with Gasteiger partial charge in [0.05, 0.1) is 12.3 Å². The lowest BCUT2D eigenvalue weighted by molar-refractivity contribution is 0.181. The highest BCUT2D eigenvalue weighted by Gasteiger charge is 2.41. The molecule has 1 saturated heterocycles. The van der Waals surface area contributed by atoms with E-state index in [1.165, 1.54) is 44.9 Å².